The topological polar surface area (TPSA) is 96.7 Å². The first-order valence-corrected chi connectivity index (χ1v) is 5.72. The molecule has 0 radical (unpaired) electrons. The van der Waals surface area contributed by atoms with E-state index in [-0.39, 0.29) is 11.5 Å². The molecule has 1 amide bonds. The number of hydrogen-bond donors (Lipinski definition) is 3. The molecule has 0 fully saturated rings. The zero-order chi connectivity index (χ0) is 14.0. The predicted molar refractivity (Wildman–Crippen MR) is 67.8 cm³/mol. The molecule has 1 aromatic carbocycles. The van der Waals surface area contributed by atoms with Crippen LogP contribution in [0, 0.1) is 12.7 Å². The minimum Gasteiger partial charge on any atom is -0.367 e. The number of rotatable bonds is 3. The molecule has 7 heteroatoms. The van der Waals surface area contributed by atoms with E-state index < -0.39 is 17.8 Å². The van der Waals surface area contributed by atoms with Gasteiger partial charge in [-0.1, -0.05) is 12.1 Å². The van der Waals surface area contributed by atoms with Gasteiger partial charge in [0.15, 0.2) is 0 Å². The summed E-state index contributed by atoms with van der Waals surface area (Å²) in [5, 5.41) is 8.91. The van der Waals surface area contributed by atoms with Crippen LogP contribution in [0.4, 0.5) is 10.3 Å². The quantitative estimate of drug-likeness (QED) is 0.778. The first kappa shape index (κ1) is 13.0. The average Bonchev–Trinajstić information content (AvgIpc) is 2.75. The Hall–Kier alpha value is -2.44. The van der Waals surface area contributed by atoms with E-state index in [9.17, 15) is 9.18 Å². The van der Waals surface area contributed by atoms with Crippen molar-refractivity contribution in [1.82, 2.24) is 20.5 Å². The second kappa shape index (κ2) is 5.05. The van der Waals surface area contributed by atoms with Crippen LogP contribution in [0.5, 0.6) is 0 Å². The van der Waals surface area contributed by atoms with Crippen LogP contribution in [-0.2, 0) is 0 Å². The van der Waals surface area contributed by atoms with Gasteiger partial charge in [0.05, 0.1) is 11.6 Å². The standard InChI is InChI=1S/C12H14FN5O/c1-6-4-3-5-8(13)9(6)11(19)15-7(2)10-16-12(14)18-17-10/h3-5,7H,1-2H3,(H,15,19)(H3,14,16,17,18)/t7-/m1/s1. The molecule has 1 atom stereocenters. The number of halogens is 1. The summed E-state index contributed by atoms with van der Waals surface area (Å²) < 4.78 is 13.6. The maximum Gasteiger partial charge on any atom is 0.255 e. The zero-order valence-corrected chi connectivity index (χ0v) is 10.6. The van der Waals surface area contributed by atoms with Crippen molar-refractivity contribution < 1.29 is 9.18 Å². The Balaban J connectivity index is 2.17. The van der Waals surface area contributed by atoms with Crippen LogP contribution < -0.4 is 11.1 Å². The highest BCUT2D eigenvalue weighted by Crippen LogP contribution is 2.14. The fourth-order valence-electron chi connectivity index (χ4n) is 1.74. The van der Waals surface area contributed by atoms with Gasteiger partial charge in [-0.2, -0.15) is 4.98 Å². The summed E-state index contributed by atoms with van der Waals surface area (Å²) in [7, 11) is 0. The molecule has 19 heavy (non-hydrogen) atoms. The summed E-state index contributed by atoms with van der Waals surface area (Å²) in [5.74, 6) is -0.544. The van der Waals surface area contributed by atoms with E-state index >= 15 is 0 Å². The van der Waals surface area contributed by atoms with E-state index in [1.807, 2.05) is 0 Å². The number of nitrogens with one attached hydrogen (secondary N) is 2. The third kappa shape index (κ3) is 2.70. The third-order valence-electron chi connectivity index (χ3n) is 2.73. The highest BCUT2D eigenvalue weighted by atomic mass is 19.1. The van der Waals surface area contributed by atoms with E-state index in [4.69, 9.17) is 5.73 Å². The highest BCUT2D eigenvalue weighted by molar-refractivity contribution is 5.96. The Morgan fingerprint density at radius 3 is 2.84 bits per heavy atom. The molecule has 4 N–H and O–H groups in total. The predicted octanol–water partition coefficient (Wildman–Crippen LogP) is 1.33. The fourth-order valence-corrected chi connectivity index (χ4v) is 1.74. The molecule has 100 valence electrons. The number of aryl methyl sites for hydroxylation is 1. The summed E-state index contributed by atoms with van der Waals surface area (Å²) in [5.41, 5.74) is 5.98. The van der Waals surface area contributed by atoms with Crippen LogP contribution in [0.3, 0.4) is 0 Å². The average molecular weight is 263 g/mol. The van der Waals surface area contributed by atoms with E-state index in [2.05, 4.69) is 20.5 Å². The van der Waals surface area contributed by atoms with Crippen molar-refractivity contribution in [2.75, 3.05) is 5.73 Å². The first-order valence-electron chi connectivity index (χ1n) is 5.72. The Kier molecular flexibility index (Phi) is 3.46. The molecule has 1 heterocycles. The molecule has 0 aliphatic rings. The molecule has 2 rings (SSSR count). The maximum absolute atomic E-state index is 13.6. The number of benzene rings is 1. The Morgan fingerprint density at radius 1 is 1.53 bits per heavy atom. The highest BCUT2D eigenvalue weighted by Gasteiger charge is 2.18. The van der Waals surface area contributed by atoms with Gasteiger partial charge in [-0.05, 0) is 25.5 Å². The van der Waals surface area contributed by atoms with Crippen molar-refractivity contribution >= 4 is 11.9 Å². The SMILES string of the molecule is Cc1cccc(F)c1C(=O)N[C@H](C)c1nc(N)n[nH]1. The van der Waals surface area contributed by atoms with Gasteiger partial charge in [-0.3, -0.25) is 9.89 Å². The molecule has 2 aromatic rings. The van der Waals surface area contributed by atoms with Gasteiger partial charge in [0, 0.05) is 0 Å². The van der Waals surface area contributed by atoms with E-state index in [1.165, 1.54) is 6.07 Å². The number of hydrogen-bond acceptors (Lipinski definition) is 4. The molecular weight excluding hydrogens is 249 g/mol. The van der Waals surface area contributed by atoms with Crippen molar-refractivity contribution in [3.8, 4) is 0 Å². The minimum atomic E-state index is -0.554. The molecule has 0 bridgehead atoms. The summed E-state index contributed by atoms with van der Waals surface area (Å²) in [6.45, 7) is 3.38. The molecule has 0 saturated carbocycles. The van der Waals surface area contributed by atoms with E-state index in [1.54, 1.807) is 26.0 Å². The van der Waals surface area contributed by atoms with Crippen LogP contribution in [0.2, 0.25) is 0 Å². The van der Waals surface area contributed by atoms with Gasteiger partial charge < -0.3 is 11.1 Å². The van der Waals surface area contributed by atoms with Gasteiger partial charge in [0.25, 0.3) is 5.91 Å². The Labute approximate surface area is 109 Å². The number of anilines is 1. The molecule has 0 aliphatic heterocycles. The number of nitrogen functional groups attached to an aromatic ring is 1. The van der Waals surface area contributed by atoms with Crippen molar-refractivity contribution in [3.05, 3.63) is 41.0 Å². The van der Waals surface area contributed by atoms with Gasteiger partial charge in [-0.15, -0.1) is 5.10 Å². The van der Waals surface area contributed by atoms with Gasteiger partial charge in [-0.25, -0.2) is 4.39 Å². The number of nitrogens with two attached hydrogens (primary N) is 1. The van der Waals surface area contributed by atoms with Crippen LogP contribution in [0.15, 0.2) is 18.2 Å². The second-order valence-electron chi connectivity index (χ2n) is 4.21. The molecule has 0 spiro atoms. The first-order chi connectivity index (χ1) is 8.99. The summed E-state index contributed by atoms with van der Waals surface area (Å²) in [6.07, 6.45) is 0. The van der Waals surface area contributed by atoms with Gasteiger partial charge >= 0.3 is 0 Å². The molecule has 0 aliphatic carbocycles. The van der Waals surface area contributed by atoms with Crippen LogP contribution >= 0.6 is 0 Å². The lowest BCUT2D eigenvalue weighted by atomic mass is 10.1. The molecule has 1 aromatic heterocycles. The van der Waals surface area contributed by atoms with E-state index in [0.29, 0.717) is 11.4 Å². The van der Waals surface area contributed by atoms with Crippen molar-refractivity contribution in [3.63, 3.8) is 0 Å². The van der Waals surface area contributed by atoms with E-state index in [0.717, 1.165) is 0 Å². The number of aromatic amines is 1. The van der Waals surface area contributed by atoms with Crippen LogP contribution in [0.25, 0.3) is 0 Å². The Bertz CT molecular complexity index is 590. The zero-order valence-electron chi connectivity index (χ0n) is 10.6. The van der Waals surface area contributed by atoms with Crippen molar-refractivity contribution in [2.45, 2.75) is 19.9 Å². The lowest BCUT2D eigenvalue weighted by Gasteiger charge is -2.12. The van der Waals surface area contributed by atoms with Crippen LogP contribution in [0.1, 0.15) is 34.7 Å². The van der Waals surface area contributed by atoms with Crippen molar-refractivity contribution in [1.29, 1.82) is 0 Å². The van der Waals surface area contributed by atoms with Crippen LogP contribution in [-0.4, -0.2) is 21.1 Å². The summed E-state index contributed by atoms with van der Waals surface area (Å²) >= 11 is 0. The number of H-pyrrole nitrogens is 1. The van der Waals surface area contributed by atoms with Gasteiger partial charge in [0.1, 0.15) is 11.6 Å². The van der Waals surface area contributed by atoms with Gasteiger partial charge in [0.2, 0.25) is 5.95 Å². The normalized spacial score (nSPS) is 12.2. The summed E-state index contributed by atoms with van der Waals surface area (Å²) in [6, 6.07) is 4.03. The number of nitrogens with zero attached hydrogens (tertiary/aromatic N) is 2. The third-order valence-corrected chi connectivity index (χ3v) is 2.73. The Morgan fingerprint density at radius 2 is 2.26 bits per heavy atom. The number of aromatic nitrogens is 3. The lowest BCUT2D eigenvalue weighted by molar-refractivity contribution is 0.0933. The minimum absolute atomic E-state index is 0.0295. The maximum atomic E-state index is 13.6. The largest absolute Gasteiger partial charge is 0.367 e. The smallest absolute Gasteiger partial charge is 0.255 e. The summed E-state index contributed by atoms with van der Waals surface area (Å²) in [4.78, 5) is 15.9. The lowest BCUT2D eigenvalue weighted by Crippen LogP contribution is -2.28. The second-order valence-corrected chi connectivity index (χ2v) is 4.21. The molecular formula is C12H14FN5O. The van der Waals surface area contributed by atoms with Crippen molar-refractivity contribution in [2.24, 2.45) is 0 Å². The molecule has 0 unspecified atom stereocenters. The molecule has 0 saturated heterocycles. The number of carbonyl (C=O) groups is 1. The fraction of sp³-hybridized carbons (Fsp3) is 0.250. The monoisotopic (exact) mass is 263 g/mol. The number of amides is 1. The number of carbonyl (C=O) groups excluding carboxylic acids is 1. The molecule has 6 nitrogen and oxygen atoms in total.